The number of halogens is 1. The molecule has 0 amide bonds. The number of rotatable bonds is 4. The molecule has 0 aliphatic carbocycles. The smallest absolute Gasteiger partial charge is 0.131 e. The number of aliphatic hydroxyl groups is 1. The van der Waals surface area contributed by atoms with E-state index in [0.717, 1.165) is 17.7 Å². The van der Waals surface area contributed by atoms with Gasteiger partial charge in [0.25, 0.3) is 0 Å². The summed E-state index contributed by atoms with van der Waals surface area (Å²) in [7, 11) is 0. The van der Waals surface area contributed by atoms with Gasteiger partial charge >= 0.3 is 0 Å². The lowest BCUT2D eigenvalue weighted by molar-refractivity contribution is 0.297. The van der Waals surface area contributed by atoms with E-state index in [-0.39, 0.29) is 19.0 Å². The van der Waals surface area contributed by atoms with Gasteiger partial charge in [-0.1, -0.05) is 43.0 Å². The maximum atomic E-state index is 14.0. The molecule has 0 unspecified atom stereocenters. The number of hydrogen-bond acceptors (Lipinski definition) is 2. The molecular weight excluding hydrogens is 267 g/mol. The van der Waals surface area contributed by atoms with Crippen molar-refractivity contribution in [2.45, 2.75) is 20.0 Å². The standard InChI is InChI=1S/C18H17FO2/c1-2-15-7-3-4-8-18(15)21-13-16-10-9-14(6-5-11-20)12-17(16)19/h3-4,7-10,12,20H,2,11,13H2,1H3. The summed E-state index contributed by atoms with van der Waals surface area (Å²) in [6.07, 6.45) is 0.869. The molecule has 0 aliphatic rings. The van der Waals surface area contributed by atoms with Crippen molar-refractivity contribution in [3.8, 4) is 17.6 Å². The third-order valence-electron chi connectivity index (χ3n) is 3.10. The SMILES string of the molecule is CCc1ccccc1OCc1ccc(C#CCO)cc1F. The summed E-state index contributed by atoms with van der Waals surface area (Å²) >= 11 is 0. The molecule has 0 radical (unpaired) electrons. The predicted octanol–water partition coefficient (Wildman–Crippen LogP) is 3.31. The molecule has 2 aromatic rings. The van der Waals surface area contributed by atoms with Crippen LogP contribution in [0.15, 0.2) is 42.5 Å². The number of hydrogen-bond donors (Lipinski definition) is 1. The second kappa shape index (κ2) is 7.47. The van der Waals surface area contributed by atoms with Gasteiger partial charge in [0.2, 0.25) is 0 Å². The zero-order valence-electron chi connectivity index (χ0n) is 11.9. The molecule has 0 saturated heterocycles. The Labute approximate surface area is 124 Å². The first-order valence-corrected chi connectivity index (χ1v) is 6.83. The normalized spacial score (nSPS) is 9.86. The Morgan fingerprint density at radius 1 is 1.14 bits per heavy atom. The minimum atomic E-state index is -0.353. The number of aliphatic hydroxyl groups excluding tert-OH is 1. The van der Waals surface area contributed by atoms with Crippen molar-refractivity contribution >= 4 is 0 Å². The van der Waals surface area contributed by atoms with Gasteiger partial charge in [0.15, 0.2) is 0 Å². The van der Waals surface area contributed by atoms with E-state index in [1.165, 1.54) is 6.07 Å². The molecule has 1 N–H and O–H groups in total. The molecule has 0 bridgehead atoms. The monoisotopic (exact) mass is 284 g/mol. The zero-order chi connectivity index (χ0) is 15.1. The van der Waals surface area contributed by atoms with Crippen molar-refractivity contribution in [1.82, 2.24) is 0 Å². The fourth-order valence-electron chi connectivity index (χ4n) is 1.98. The fourth-order valence-corrected chi connectivity index (χ4v) is 1.98. The quantitative estimate of drug-likeness (QED) is 0.873. The summed E-state index contributed by atoms with van der Waals surface area (Å²) < 4.78 is 19.7. The Morgan fingerprint density at radius 3 is 2.67 bits per heavy atom. The maximum Gasteiger partial charge on any atom is 0.131 e. The summed E-state index contributed by atoms with van der Waals surface area (Å²) in [6, 6.07) is 12.5. The van der Waals surface area contributed by atoms with Gasteiger partial charge in [0, 0.05) is 11.1 Å². The van der Waals surface area contributed by atoms with E-state index >= 15 is 0 Å². The van der Waals surface area contributed by atoms with Crippen molar-refractivity contribution in [3.05, 3.63) is 65.0 Å². The molecule has 0 spiro atoms. The highest BCUT2D eigenvalue weighted by atomic mass is 19.1. The molecule has 0 fully saturated rings. The van der Waals surface area contributed by atoms with Crippen LogP contribution in [0.5, 0.6) is 5.75 Å². The Bertz CT molecular complexity index is 668. The van der Waals surface area contributed by atoms with E-state index in [9.17, 15) is 4.39 Å². The van der Waals surface area contributed by atoms with Gasteiger partial charge in [-0.15, -0.1) is 0 Å². The van der Waals surface area contributed by atoms with E-state index in [1.54, 1.807) is 12.1 Å². The van der Waals surface area contributed by atoms with Gasteiger partial charge in [0.1, 0.15) is 24.8 Å². The molecule has 2 aromatic carbocycles. The summed E-state index contributed by atoms with van der Waals surface area (Å²) in [6.45, 7) is 1.99. The van der Waals surface area contributed by atoms with Gasteiger partial charge in [0.05, 0.1) is 0 Å². The fraction of sp³-hybridized carbons (Fsp3) is 0.222. The summed E-state index contributed by atoms with van der Waals surface area (Å²) in [5.74, 6) is 5.59. The molecule has 2 nitrogen and oxygen atoms in total. The molecule has 0 aliphatic heterocycles. The van der Waals surface area contributed by atoms with Crippen LogP contribution in [0.25, 0.3) is 0 Å². The average Bonchev–Trinajstić information content (AvgIpc) is 2.52. The van der Waals surface area contributed by atoms with Crippen LogP contribution in [0, 0.1) is 17.7 Å². The van der Waals surface area contributed by atoms with Gasteiger partial charge in [-0.2, -0.15) is 0 Å². The van der Waals surface area contributed by atoms with E-state index in [1.807, 2.05) is 24.3 Å². The number of benzene rings is 2. The Morgan fingerprint density at radius 2 is 1.95 bits per heavy atom. The molecule has 0 saturated carbocycles. The minimum Gasteiger partial charge on any atom is -0.489 e. The van der Waals surface area contributed by atoms with E-state index in [2.05, 4.69) is 18.8 Å². The average molecular weight is 284 g/mol. The van der Waals surface area contributed by atoms with Crippen LogP contribution < -0.4 is 4.74 Å². The first kappa shape index (κ1) is 15.1. The van der Waals surface area contributed by atoms with Crippen molar-refractivity contribution < 1.29 is 14.2 Å². The molecule has 0 heterocycles. The Hall–Kier alpha value is -2.31. The molecule has 2 rings (SSSR count). The predicted molar refractivity (Wildman–Crippen MR) is 80.5 cm³/mol. The third-order valence-corrected chi connectivity index (χ3v) is 3.10. The van der Waals surface area contributed by atoms with Crippen molar-refractivity contribution in [3.63, 3.8) is 0 Å². The van der Waals surface area contributed by atoms with Crippen molar-refractivity contribution in [2.75, 3.05) is 6.61 Å². The van der Waals surface area contributed by atoms with Crippen LogP contribution in [0.2, 0.25) is 0 Å². The third kappa shape index (κ3) is 4.08. The highest BCUT2D eigenvalue weighted by Gasteiger charge is 2.06. The van der Waals surface area contributed by atoms with E-state index in [0.29, 0.717) is 11.1 Å². The molecule has 21 heavy (non-hydrogen) atoms. The van der Waals surface area contributed by atoms with E-state index in [4.69, 9.17) is 9.84 Å². The number of aryl methyl sites for hydroxylation is 1. The van der Waals surface area contributed by atoms with Gasteiger partial charge in [-0.3, -0.25) is 0 Å². The minimum absolute atomic E-state index is 0.177. The highest BCUT2D eigenvalue weighted by Crippen LogP contribution is 2.20. The molecule has 3 heteroatoms. The van der Waals surface area contributed by atoms with Gasteiger partial charge < -0.3 is 9.84 Å². The van der Waals surface area contributed by atoms with Gasteiger partial charge in [-0.05, 0) is 30.2 Å². The number of para-hydroxylation sites is 1. The molecule has 0 aromatic heterocycles. The zero-order valence-corrected chi connectivity index (χ0v) is 11.9. The van der Waals surface area contributed by atoms with Crippen LogP contribution >= 0.6 is 0 Å². The Kier molecular flexibility index (Phi) is 5.36. The second-order valence-corrected chi connectivity index (χ2v) is 4.52. The molecular formula is C18H17FO2. The lowest BCUT2D eigenvalue weighted by Crippen LogP contribution is -2.01. The van der Waals surface area contributed by atoms with E-state index < -0.39 is 0 Å². The lowest BCUT2D eigenvalue weighted by atomic mass is 10.1. The summed E-state index contributed by atoms with van der Waals surface area (Å²) in [4.78, 5) is 0. The highest BCUT2D eigenvalue weighted by molar-refractivity contribution is 5.37. The topological polar surface area (TPSA) is 29.5 Å². The first-order chi connectivity index (χ1) is 10.2. The molecule has 0 atom stereocenters. The summed E-state index contributed by atoms with van der Waals surface area (Å²) in [5.41, 5.74) is 2.12. The Balaban J connectivity index is 2.10. The van der Waals surface area contributed by atoms with Crippen LogP contribution in [-0.2, 0) is 13.0 Å². The van der Waals surface area contributed by atoms with Gasteiger partial charge in [-0.25, -0.2) is 4.39 Å². The largest absolute Gasteiger partial charge is 0.489 e. The second-order valence-electron chi connectivity index (χ2n) is 4.52. The maximum absolute atomic E-state index is 14.0. The summed E-state index contributed by atoms with van der Waals surface area (Å²) in [5, 5.41) is 8.62. The van der Waals surface area contributed by atoms with Crippen LogP contribution in [0.3, 0.4) is 0 Å². The molecule has 108 valence electrons. The van der Waals surface area contributed by atoms with Crippen molar-refractivity contribution in [1.29, 1.82) is 0 Å². The van der Waals surface area contributed by atoms with Crippen LogP contribution in [0.1, 0.15) is 23.6 Å². The lowest BCUT2D eigenvalue weighted by Gasteiger charge is -2.11. The van der Waals surface area contributed by atoms with Crippen molar-refractivity contribution in [2.24, 2.45) is 0 Å². The first-order valence-electron chi connectivity index (χ1n) is 6.83. The number of ether oxygens (including phenoxy) is 1. The van der Waals surface area contributed by atoms with Crippen LogP contribution in [0.4, 0.5) is 4.39 Å². The van der Waals surface area contributed by atoms with Crippen LogP contribution in [-0.4, -0.2) is 11.7 Å².